The minimum absolute atomic E-state index is 0.323. The van der Waals surface area contributed by atoms with E-state index in [0.29, 0.717) is 0 Å². The quantitative estimate of drug-likeness (QED) is 0.690. The zero-order valence-electron chi connectivity index (χ0n) is 11.4. The summed E-state index contributed by atoms with van der Waals surface area (Å²) in [5, 5.41) is 6.94. The number of amides is 2. The van der Waals surface area contributed by atoms with Gasteiger partial charge in [0.05, 0.1) is 12.6 Å². The summed E-state index contributed by atoms with van der Waals surface area (Å²) >= 11 is 0. The molecule has 0 heterocycles. The van der Waals surface area contributed by atoms with Gasteiger partial charge in [0, 0.05) is 5.54 Å². The molecule has 3 N–H and O–H groups in total. The van der Waals surface area contributed by atoms with Crippen molar-refractivity contribution in [2.75, 3.05) is 13.1 Å². The second kappa shape index (κ2) is 6.74. The Morgan fingerprint density at radius 3 is 2.11 bits per heavy atom. The molecule has 0 rings (SSSR count). The van der Waals surface area contributed by atoms with E-state index in [-0.39, 0.29) is 12.5 Å². The minimum Gasteiger partial charge on any atom is -0.350 e. The molecule has 0 bridgehead atoms. The van der Waals surface area contributed by atoms with E-state index in [9.17, 15) is 22.8 Å². The van der Waals surface area contributed by atoms with Gasteiger partial charge in [-0.3, -0.25) is 14.9 Å². The lowest BCUT2D eigenvalue weighted by molar-refractivity contribution is -0.138. The second-order valence-electron chi connectivity index (χ2n) is 5.23. The lowest BCUT2D eigenvalue weighted by Crippen LogP contribution is -2.51. The Kier molecular flexibility index (Phi) is 6.28. The van der Waals surface area contributed by atoms with Crippen LogP contribution in [-0.2, 0) is 9.59 Å². The maximum absolute atomic E-state index is 11.8. The Hall–Kier alpha value is -1.31. The molecule has 0 aromatic rings. The number of halogens is 3. The summed E-state index contributed by atoms with van der Waals surface area (Å²) in [4.78, 5) is 22.7. The molecule has 1 unspecified atom stereocenters. The van der Waals surface area contributed by atoms with Crippen molar-refractivity contribution < 1.29 is 22.8 Å². The molecule has 1 atom stereocenters. The van der Waals surface area contributed by atoms with E-state index < -0.39 is 30.2 Å². The van der Waals surface area contributed by atoms with Crippen LogP contribution in [0, 0.1) is 0 Å². The lowest BCUT2D eigenvalue weighted by Gasteiger charge is -2.23. The topological polar surface area (TPSA) is 70.2 Å². The summed E-state index contributed by atoms with van der Waals surface area (Å²) in [5.41, 5.74) is -0.411. The number of alkyl halides is 3. The second-order valence-corrected chi connectivity index (χ2v) is 5.23. The van der Waals surface area contributed by atoms with Gasteiger partial charge in [-0.15, -0.1) is 0 Å². The highest BCUT2D eigenvalue weighted by Crippen LogP contribution is 2.11. The zero-order valence-corrected chi connectivity index (χ0v) is 11.4. The van der Waals surface area contributed by atoms with Crippen molar-refractivity contribution in [3.8, 4) is 0 Å². The molecule has 0 saturated carbocycles. The summed E-state index contributed by atoms with van der Waals surface area (Å²) in [6.45, 7) is 5.19. The van der Waals surface area contributed by atoms with Crippen LogP contribution in [0.3, 0.4) is 0 Å². The molecule has 0 saturated heterocycles. The van der Waals surface area contributed by atoms with E-state index in [1.807, 2.05) is 0 Å². The first-order valence-electron chi connectivity index (χ1n) is 5.79. The normalized spacial score (nSPS) is 13.8. The number of carbonyl (C=O) groups excluding carboxylic acids is 2. The van der Waals surface area contributed by atoms with E-state index in [2.05, 4.69) is 10.6 Å². The van der Waals surface area contributed by atoms with Gasteiger partial charge in [-0.2, -0.15) is 13.2 Å². The monoisotopic (exact) mass is 283 g/mol. The lowest BCUT2D eigenvalue weighted by atomic mass is 10.1. The Morgan fingerprint density at radius 2 is 1.68 bits per heavy atom. The van der Waals surface area contributed by atoms with Crippen LogP contribution in [0.4, 0.5) is 13.2 Å². The van der Waals surface area contributed by atoms with Crippen LogP contribution in [0.25, 0.3) is 0 Å². The first kappa shape index (κ1) is 17.7. The van der Waals surface area contributed by atoms with Crippen LogP contribution in [0.2, 0.25) is 0 Å². The van der Waals surface area contributed by atoms with Crippen LogP contribution in [0.1, 0.15) is 27.7 Å². The minimum atomic E-state index is -4.44. The van der Waals surface area contributed by atoms with Gasteiger partial charge in [-0.25, -0.2) is 0 Å². The molecule has 0 fully saturated rings. The number of hydrogen-bond donors (Lipinski definition) is 3. The molecule has 2 amide bonds. The SMILES string of the molecule is CC(NCC(=O)NCC(F)(F)F)C(=O)NC(C)(C)C. The average Bonchev–Trinajstić information content (AvgIpc) is 2.19. The van der Waals surface area contributed by atoms with Gasteiger partial charge in [-0.05, 0) is 27.7 Å². The van der Waals surface area contributed by atoms with Crippen LogP contribution in [0.5, 0.6) is 0 Å². The van der Waals surface area contributed by atoms with Crippen LogP contribution in [0.15, 0.2) is 0 Å². The van der Waals surface area contributed by atoms with Crippen LogP contribution in [-0.4, -0.2) is 42.7 Å². The third-order valence-electron chi connectivity index (χ3n) is 1.95. The highest BCUT2D eigenvalue weighted by molar-refractivity contribution is 5.83. The van der Waals surface area contributed by atoms with Crippen molar-refractivity contribution in [3.05, 3.63) is 0 Å². The van der Waals surface area contributed by atoms with E-state index in [1.165, 1.54) is 6.92 Å². The van der Waals surface area contributed by atoms with Gasteiger partial charge >= 0.3 is 6.18 Å². The van der Waals surface area contributed by atoms with Crippen LogP contribution < -0.4 is 16.0 Å². The molecular formula is C11H20F3N3O2. The van der Waals surface area contributed by atoms with Gasteiger partial charge < -0.3 is 10.6 Å². The molecule has 0 radical (unpaired) electrons. The van der Waals surface area contributed by atoms with Crippen molar-refractivity contribution in [2.45, 2.75) is 45.5 Å². The number of hydrogen-bond acceptors (Lipinski definition) is 3. The highest BCUT2D eigenvalue weighted by Gasteiger charge is 2.27. The highest BCUT2D eigenvalue weighted by atomic mass is 19.4. The van der Waals surface area contributed by atoms with Gasteiger partial charge in [0.1, 0.15) is 6.54 Å². The average molecular weight is 283 g/mol. The van der Waals surface area contributed by atoms with Gasteiger partial charge in [-0.1, -0.05) is 0 Å². The summed E-state index contributed by atoms with van der Waals surface area (Å²) < 4.78 is 35.5. The predicted molar refractivity (Wildman–Crippen MR) is 64.4 cm³/mol. The van der Waals surface area contributed by atoms with E-state index in [1.54, 1.807) is 26.1 Å². The molecule has 5 nitrogen and oxygen atoms in total. The van der Waals surface area contributed by atoms with Crippen molar-refractivity contribution in [1.82, 2.24) is 16.0 Å². The van der Waals surface area contributed by atoms with Gasteiger partial charge in [0.2, 0.25) is 11.8 Å². The van der Waals surface area contributed by atoms with Crippen molar-refractivity contribution in [1.29, 1.82) is 0 Å². The smallest absolute Gasteiger partial charge is 0.350 e. The van der Waals surface area contributed by atoms with Crippen LogP contribution >= 0.6 is 0 Å². The largest absolute Gasteiger partial charge is 0.405 e. The molecule has 8 heteroatoms. The molecular weight excluding hydrogens is 263 g/mol. The Labute approximate surface area is 110 Å². The van der Waals surface area contributed by atoms with E-state index >= 15 is 0 Å². The number of rotatable bonds is 5. The summed E-state index contributed by atoms with van der Waals surface area (Å²) in [6, 6.07) is -0.670. The predicted octanol–water partition coefficient (Wildman–Crippen LogP) is 0.558. The Balaban J connectivity index is 3.99. The van der Waals surface area contributed by atoms with Gasteiger partial charge in [0.15, 0.2) is 0 Å². The third-order valence-corrected chi connectivity index (χ3v) is 1.95. The maximum Gasteiger partial charge on any atom is 0.405 e. The maximum atomic E-state index is 11.8. The molecule has 0 aliphatic heterocycles. The molecule has 112 valence electrons. The molecule has 0 aromatic carbocycles. The summed E-state index contributed by atoms with van der Waals surface area (Å²) in [6.07, 6.45) is -4.44. The molecule has 0 aliphatic rings. The number of nitrogens with one attached hydrogen (secondary N) is 3. The van der Waals surface area contributed by atoms with E-state index in [0.717, 1.165) is 0 Å². The fourth-order valence-electron chi connectivity index (χ4n) is 1.08. The van der Waals surface area contributed by atoms with Crippen molar-refractivity contribution in [3.63, 3.8) is 0 Å². The Morgan fingerprint density at radius 1 is 1.16 bits per heavy atom. The fraction of sp³-hybridized carbons (Fsp3) is 0.818. The molecule has 0 aromatic heterocycles. The van der Waals surface area contributed by atoms with Crippen molar-refractivity contribution >= 4 is 11.8 Å². The van der Waals surface area contributed by atoms with Crippen molar-refractivity contribution in [2.24, 2.45) is 0 Å². The van der Waals surface area contributed by atoms with E-state index in [4.69, 9.17) is 0 Å². The molecule has 19 heavy (non-hydrogen) atoms. The van der Waals surface area contributed by atoms with Gasteiger partial charge in [0.25, 0.3) is 0 Å². The fourth-order valence-corrected chi connectivity index (χ4v) is 1.08. The first-order valence-corrected chi connectivity index (χ1v) is 5.79. The molecule has 0 spiro atoms. The standard InChI is InChI=1S/C11H20F3N3O2/c1-7(9(19)17-10(2,3)4)15-5-8(18)16-6-11(12,13)14/h7,15H,5-6H2,1-4H3,(H,16,18)(H,17,19). The molecule has 0 aliphatic carbocycles. The Bertz CT molecular complexity index is 324. The summed E-state index contributed by atoms with van der Waals surface area (Å²) in [7, 11) is 0. The third kappa shape index (κ3) is 10.3. The number of carbonyl (C=O) groups is 2. The summed E-state index contributed by atoms with van der Waals surface area (Å²) in [5.74, 6) is -1.14. The first-order chi connectivity index (χ1) is 8.41. The zero-order chi connectivity index (χ0) is 15.3.